The quantitative estimate of drug-likeness (QED) is 0.652. The summed E-state index contributed by atoms with van der Waals surface area (Å²) in [5, 5.41) is 18.6. The van der Waals surface area contributed by atoms with E-state index < -0.39 is 49.1 Å². The van der Waals surface area contributed by atoms with Crippen LogP contribution in [0.5, 0.6) is 0 Å². The number of ether oxygens (including phenoxy) is 3. The fourth-order valence-electron chi connectivity index (χ4n) is 2.62. The Balaban J connectivity index is 2.30. The van der Waals surface area contributed by atoms with E-state index >= 15 is 0 Å². The van der Waals surface area contributed by atoms with Crippen molar-refractivity contribution in [1.82, 2.24) is 4.90 Å². The topological polar surface area (TPSA) is 123 Å². The molecule has 0 radical (unpaired) electrons. The first-order chi connectivity index (χ1) is 11.3. The molecule has 2 rings (SSSR count). The predicted molar refractivity (Wildman–Crippen MR) is 78.2 cm³/mol. The Morgan fingerprint density at radius 3 is 2.42 bits per heavy atom. The highest BCUT2D eigenvalue weighted by Gasteiger charge is 2.50. The van der Waals surface area contributed by atoms with Gasteiger partial charge in [-0.3, -0.25) is 9.59 Å². The molecule has 0 aromatic rings. The summed E-state index contributed by atoms with van der Waals surface area (Å²) in [6.45, 7) is 1.92. The molecule has 2 aliphatic rings. The molecular weight excluding hydrogens is 322 g/mol. The number of hydrogen-bond donors (Lipinski definition) is 2. The van der Waals surface area contributed by atoms with E-state index in [9.17, 15) is 19.5 Å². The summed E-state index contributed by atoms with van der Waals surface area (Å²) in [5.74, 6) is -2.31. The highest BCUT2D eigenvalue weighted by atomic mass is 16.6. The molecule has 0 bridgehead atoms. The maximum atomic E-state index is 11.4. The average Bonchev–Trinajstić information content (AvgIpc) is 2.84. The molecule has 9 nitrogen and oxygen atoms in total. The van der Waals surface area contributed by atoms with Crippen molar-refractivity contribution in [2.24, 2.45) is 0 Å². The minimum absolute atomic E-state index is 0.124. The molecule has 2 unspecified atom stereocenters. The summed E-state index contributed by atoms with van der Waals surface area (Å²) in [7, 11) is 0. The van der Waals surface area contributed by atoms with Crippen LogP contribution in [0.15, 0.2) is 24.0 Å². The van der Waals surface area contributed by atoms with Gasteiger partial charge in [0.2, 0.25) is 0 Å². The number of aliphatic hydroxyl groups excluding tert-OH is 1. The Labute approximate surface area is 138 Å². The number of hydrogen-bond acceptors (Lipinski definition) is 8. The van der Waals surface area contributed by atoms with Gasteiger partial charge in [0.05, 0.1) is 12.2 Å². The fraction of sp³-hybridized carbons (Fsp3) is 0.533. The van der Waals surface area contributed by atoms with E-state index in [0.717, 1.165) is 0 Å². The Morgan fingerprint density at radius 1 is 1.25 bits per heavy atom. The van der Waals surface area contributed by atoms with Crippen LogP contribution < -0.4 is 0 Å². The number of allylic oxidation sites excluding steroid dienone is 1. The van der Waals surface area contributed by atoms with Gasteiger partial charge in [0.25, 0.3) is 0 Å². The molecule has 4 atom stereocenters. The third-order valence-corrected chi connectivity index (χ3v) is 3.56. The minimum atomic E-state index is -1.08. The van der Waals surface area contributed by atoms with Gasteiger partial charge in [0.15, 0.2) is 18.4 Å². The summed E-state index contributed by atoms with van der Waals surface area (Å²) in [6.07, 6.45) is 0.947. The summed E-state index contributed by atoms with van der Waals surface area (Å²) >= 11 is 0. The molecule has 24 heavy (non-hydrogen) atoms. The molecule has 2 heterocycles. The lowest BCUT2D eigenvalue weighted by atomic mass is 10.1. The molecule has 9 heteroatoms. The van der Waals surface area contributed by atoms with E-state index in [-0.39, 0.29) is 12.0 Å². The first kappa shape index (κ1) is 18.0. The van der Waals surface area contributed by atoms with E-state index in [1.54, 1.807) is 12.3 Å². The van der Waals surface area contributed by atoms with Crippen LogP contribution >= 0.6 is 0 Å². The van der Waals surface area contributed by atoms with Gasteiger partial charge in [-0.05, 0) is 0 Å². The lowest BCUT2D eigenvalue weighted by Gasteiger charge is -2.30. The molecule has 0 saturated carbocycles. The molecule has 0 aromatic carbocycles. The summed E-state index contributed by atoms with van der Waals surface area (Å²) < 4.78 is 16.0. The zero-order chi connectivity index (χ0) is 17.9. The lowest BCUT2D eigenvalue weighted by Crippen LogP contribution is -2.44. The second kappa shape index (κ2) is 7.45. The van der Waals surface area contributed by atoms with Crippen LogP contribution in [0.2, 0.25) is 0 Å². The first-order valence-electron chi connectivity index (χ1n) is 7.32. The number of esters is 2. The zero-order valence-electron chi connectivity index (χ0n) is 13.2. The van der Waals surface area contributed by atoms with Crippen molar-refractivity contribution < 1.29 is 38.8 Å². The Hall–Kier alpha value is -2.39. The minimum Gasteiger partial charge on any atom is -0.478 e. The van der Waals surface area contributed by atoms with Crippen LogP contribution in [0.1, 0.15) is 20.3 Å². The second-order valence-corrected chi connectivity index (χ2v) is 5.39. The van der Waals surface area contributed by atoms with Gasteiger partial charge >= 0.3 is 17.9 Å². The highest BCUT2D eigenvalue weighted by Crippen LogP contribution is 2.31. The number of carbonyl (C=O) groups is 3. The van der Waals surface area contributed by atoms with Crippen LogP contribution in [0.25, 0.3) is 0 Å². The van der Waals surface area contributed by atoms with Crippen LogP contribution in [0.4, 0.5) is 0 Å². The average molecular weight is 341 g/mol. The Morgan fingerprint density at radius 2 is 1.88 bits per heavy atom. The molecule has 2 aliphatic heterocycles. The Kier molecular flexibility index (Phi) is 5.58. The maximum Gasteiger partial charge on any atom is 0.333 e. The van der Waals surface area contributed by atoms with Crippen LogP contribution in [-0.4, -0.2) is 64.2 Å². The van der Waals surface area contributed by atoms with E-state index in [4.69, 9.17) is 19.3 Å². The van der Waals surface area contributed by atoms with Crippen molar-refractivity contribution >= 4 is 17.9 Å². The van der Waals surface area contributed by atoms with E-state index in [2.05, 4.69) is 0 Å². The first-order valence-corrected chi connectivity index (χ1v) is 7.32. The highest BCUT2D eigenvalue weighted by molar-refractivity contribution is 5.87. The molecule has 0 aromatic heterocycles. The summed E-state index contributed by atoms with van der Waals surface area (Å²) in [5.41, 5.74) is 0.124. The number of nitrogens with zero attached hydrogens (tertiary/aromatic N) is 1. The van der Waals surface area contributed by atoms with Crippen molar-refractivity contribution in [2.45, 2.75) is 44.8 Å². The standard InChI is InChI=1S/C15H19NO8/c1-8(18)22-12-11(7-17)24-14(13(12)23-9(2)19)16-5-3-4-10(6-16)15(20)21/h3,5-6,11-14,17H,4,7H2,1-2H3,(H,20,21)/t11-,12?,13?,14-/m1/s1. The van der Waals surface area contributed by atoms with Crippen LogP contribution in [0, 0.1) is 0 Å². The molecule has 1 saturated heterocycles. The third-order valence-electron chi connectivity index (χ3n) is 3.56. The van der Waals surface area contributed by atoms with Gasteiger partial charge in [0.1, 0.15) is 6.10 Å². The van der Waals surface area contributed by atoms with Gasteiger partial charge < -0.3 is 29.3 Å². The molecular formula is C15H19NO8. The van der Waals surface area contributed by atoms with Crippen molar-refractivity contribution in [1.29, 1.82) is 0 Å². The van der Waals surface area contributed by atoms with E-state index in [0.29, 0.717) is 0 Å². The van der Waals surface area contributed by atoms with Gasteiger partial charge in [-0.2, -0.15) is 0 Å². The molecule has 1 fully saturated rings. The van der Waals surface area contributed by atoms with Crippen LogP contribution in [-0.2, 0) is 28.6 Å². The maximum absolute atomic E-state index is 11.4. The van der Waals surface area contributed by atoms with Crippen molar-refractivity contribution in [3.63, 3.8) is 0 Å². The number of aliphatic hydroxyl groups is 1. The summed E-state index contributed by atoms with van der Waals surface area (Å²) in [6, 6.07) is 0. The largest absolute Gasteiger partial charge is 0.478 e. The third kappa shape index (κ3) is 3.92. The zero-order valence-corrected chi connectivity index (χ0v) is 13.2. The monoisotopic (exact) mass is 341 g/mol. The van der Waals surface area contributed by atoms with E-state index in [1.165, 1.54) is 24.9 Å². The van der Waals surface area contributed by atoms with Crippen molar-refractivity contribution in [2.75, 3.05) is 6.61 Å². The van der Waals surface area contributed by atoms with E-state index in [1.807, 2.05) is 0 Å². The predicted octanol–water partition coefficient (Wildman–Crippen LogP) is -0.245. The van der Waals surface area contributed by atoms with Crippen molar-refractivity contribution in [3.05, 3.63) is 24.0 Å². The normalized spacial score (nSPS) is 29.1. The smallest absolute Gasteiger partial charge is 0.333 e. The van der Waals surface area contributed by atoms with Gasteiger partial charge in [0, 0.05) is 32.7 Å². The number of carbonyl (C=O) groups excluding carboxylic acids is 2. The molecule has 0 aliphatic carbocycles. The summed E-state index contributed by atoms with van der Waals surface area (Å²) in [4.78, 5) is 35.3. The lowest BCUT2D eigenvalue weighted by molar-refractivity contribution is -0.166. The fourth-order valence-corrected chi connectivity index (χ4v) is 2.62. The number of carboxylic acid groups (broad SMARTS) is 1. The van der Waals surface area contributed by atoms with Gasteiger partial charge in [-0.25, -0.2) is 4.79 Å². The van der Waals surface area contributed by atoms with Gasteiger partial charge in [-0.15, -0.1) is 0 Å². The van der Waals surface area contributed by atoms with Crippen LogP contribution in [0.3, 0.4) is 0 Å². The SMILES string of the molecule is CC(=O)OC1C(OC(C)=O)[C@@H](CO)O[C@H]1N1C=CCC(C(=O)O)=C1. The van der Waals surface area contributed by atoms with Crippen molar-refractivity contribution in [3.8, 4) is 0 Å². The number of rotatable bonds is 5. The second-order valence-electron chi connectivity index (χ2n) is 5.39. The molecule has 0 spiro atoms. The Bertz CT molecular complexity index is 584. The number of aliphatic carboxylic acids is 1. The molecule has 132 valence electrons. The molecule has 2 N–H and O–H groups in total. The molecule has 0 amide bonds. The number of carboxylic acids is 1. The van der Waals surface area contributed by atoms with Gasteiger partial charge in [-0.1, -0.05) is 6.08 Å².